The van der Waals surface area contributed by atoms with Gasteiger partial charge in [0.1, 0.15) is 23.2 Å². The van der Waals surface area contributed by atoms with E-state index < -0.39 is 6.04 Å². The van der Waals surface area contributed by atoms with Gasteiger partial charge in [-0.25, -0.2) is 9.07 Å². The number of halogens is 1. The number of carbonyl (C=O) groups is 2. The molecule has 5 rings (SSSR count). The molecule has 0 bridgehead atoms. The number of hydrogen-bond donors (Lipinski definition) is 2. The highest BCUT2D eigenvalue weighted by molar-refractivity contribution is 6.08. The number of nitrogens with one attached hydrogen (secondary N) is 2. The molecule has 7 heteroatoms. The summed E-state index contributed by atoms with van der Waals surface area (Å²) in [7, 11) is 0. The molecule has 6 nitrogen and oxygen atoms in total. The van der Waals surface area contributed by atoms with Gasteiger partial charge in [-0.2, -0.15) is 5.10 Å². The van der Waals surface area contributed by atoms with Crippen LogP contribution in [0.1, 0.15) is 48.7 Å². The molecule has 3 aromatic rings. The van der Waals surface area contributed by atoms with E-state index in [2.05, 4.69) is 29.6 Å². The maximum Gasteiger partial charge on any atom is 0.261 e. The largest absolute Gasteiger partial charge is 0.343 e. The molecule has 2 heterocycles. The van der Waals surface area contributed by atoms with Crippen LogP contribution in [0.4, 0.5) is 15.9 Å². The number of benzene rings is 2. The van der Waals surface area contributed by atoms with Gasteiger partial charge >= 0.3 is 0 Å². The first-order valence-electron chi connectivity index (χ1n) is 10.5. The van der Waals surface area contributed by atoms with Crippen LogP contribution in [-0.2, 0) is 4.79 Å². The van der Waals surface area contributed by atoms with Gasteiger partial charge in [0.15, 0.2) is 5.78 Å². The van der Waals surface area contributed by atoms with Gasteiger partial charge in [0.25, 0.3) is 5.91 Å². The molecular formula is C25H23FN4O2. The maximum atomic E-state index is 13.2. The Hall–Kier alpha value is -3.74. The summed E-state index contributed by atoms with van der Waals surface area (Å²) in [6, 6.07) is 14.9. The first kappa shape index (κ1) is 20.2. The van der Waals surface area contributed by atoms with Crippen molar-refractivity contribution < 1.29 is 14.0 Å². The monoisotopic (exact) mass is 430 g/mol. The van der Waals surface area contributed by atoms with Crippen molar-refractivity contribution in [3.05, 3.63) is 89.0 Å². The van der Waals surface area contributed by atoms with E-state index in [9.17, 15) is 14.0 Å². The average molecular weight is 430 g/mol. The third-order valence-electron chi connectivity index (χ3n) is 5.96. The number of allylic oxidation sites excluding steroid dienone is 2. The predicted octanol–water partition coefficient (Wildman–Crippen LogP) is 4.93. The number of fused-ring (bicyclic) bond motifs is 1. The lowest BCUT2D eigenvalue weighted by atomic mass is 9.73. The van der Waals surface area contributed by atoms with Gasteiger partial charge in [0.2, 0.25) is 0 Å². The van der Waals surface area contributed by atoms with E-state index in [0.29, 0.717) is 35.5 Å². The molecule has 0 radical (unpaired) electrons. The maximum absolute atomic E-state index is 13.2. The van der Waals surface area contributed by atoms with Crippen molar-refractivity contribution in [2.45, 2.75) is 32.7 Å². The summed E-state index contributed by atoms with van der Waals surface area (Å²) in [4.78, 5) is 26.2. The molecule has 2 N–H and O–H groups in total. The molecule has 1 aliphatic carbocycles. The molecule has 1 aliphatic heterocycles. The molecule has 0 unspecified atom stereocenters. The second-order valence-electron chi connectivity index (χ2n) is 9.08. The smallest absolute Gasteiger partial charge is 0.261 e. The number of nitrogens with zero attached hydrogens (tertiary/aromatic N) is 2. The summed E-state index contributed by atoms with van der Waals surface area (Å²) in [5.74, 6) is -0.0938. The van der Waals surface area contributed by atoms with Crippen LogP contribution in [0, 0.1) is 11.2 Å². The van der Waals surface area contributed by atoms with E-state index in [4.69, 9.17) is 0 Å². The molecule has 0 spiro atoms. The normalized spacial score (nSPS) is 19.1. The zero-order valence-electron chi connectivity index (χ0n) is 17.9. The topological polar surface area (TPSA) is 76.0 Å². The Morgan fingerprint density at radius 1 is 1.12 bits per heavy atom. The molecule has 32 heavy (non-hydrogen) atoms. The lowest BCUT2D eigenvalue weighted by Crippen LogP contribution is -2.36. The van der Waals surface area contributed by atoms with Gasteiger partial charge in [-0.05, 0) is 41.7 Å². The minimum absolute atomic E-state index is 0.0936. The van der Waals surface area contributed by atoms with Gasteiger partial charge in [0, 0.05) is 23.4 Å². The highest BCUT2D eigenvalue weighted by Crippen LogP contribution is 2.46. The van der Waals surface area contributed by atoms with Crippen LogP contribution >= 0.6 is 0 Å². The third-order valence-corrected chi connectivity index (χ3v) is 5.96. The molecule has 0 saturated carbocycles. The van der Waals surface area contributed by atoms with Crippen LogP contribution < -0.4 is 10.6 Å². The molecule has 0 fully saturated rings. The fraction of sp³-hybridized carbons (Fsp3) is 0.240. The quantitative estimate of drug-likeness (QED) is 0.618. The van der Waals surface area contributed by atoms with Crippen molar-refractivity contribution in [3.8, 4) is 0 Å². The lowest BCUT2D eigenvalue weighted by Gasteiger charge is -2.39. The molecule has 1 aromatic heterocycles. The molecule has 2 aromatic carbocycles. The van der Waals surface area contributed by atoms with Gasteiger partial charge in [0.05, 0.1) is 6.20 Å². The van der Waals surface area contributed by atoms with Crippen LogP contribution in [0.25, 0.3) is 0 Å². The van der Waals surface area contributed by atoms with E-state index in [1.165, 1.54) is 30.5 Å². The highest BCUT2D eigenvalue weighted by atomic mass is 19.1. The Kier molecular flexibility index (Phi) is 4.69. The van der Waals surface area contributed by atoms with Crippen LogP contribution in [0.15, 0.2) is 72.1 Å². The number of rotatable bonds is 3. The van der Waals surface area contributed by atoms with E-state index >= 15 is 0 Å². The van der Waals surface area contributed by atoms with Gasteiger partial charge in [-0.15, -0.1) is 0 Å². The van der Waals surface area contributed by atoms with Crippen LogP contribution in [-0.4, -0.2) is 21.5 Å². The zero-order chi connectivity index (χ0) is 22.5. The van der Waals surface area contributed by atoms with Crippen molar-refractivity contribution >= 4 is 23.2 Å². The molecule has 1 amide bonds. The highest BCUT2D eigenvalue weighted by Gasteiger charge is 2.42. The zero-order valence-corrected chi connectivity index (χ0v) is 17.9. The van der Waals surface area contributed by atoms with Crippen molar-refractivity contribution in [1.29, 1.82) is 0 Å². The van der Waals surface area contributed by atoms with E-state index in [1.807, 2.05) is 30.3 Å². The van der Waals surface area contributed by atoms with E-state index in [-0.39, 0.29) is 22.9 Å². The number of ketones is 1. The summed E-state index contributed by atoms with van der Waals surface area (Å²) in [5, 5.41) is 10.6. The molecule has 0 saturated heterocycles. The number of carbonyl (C=O) groups excluding carboxylic acids is 2. The molecule has 2 aliphatic rings. The van der Waals surface area contributed by atoms with Crippen molar-refractivity contribution in [3.63, 3.8) is 0 Å². The lowest BCUT2D eigenvalue weighted by molar-refractivity contribution is -0.118. The molecule has 1 atom stereocenters. The summed E-state index contributed by atoms with van der Waals surface area (Å²) in [6.07, 6.45) is 2.66. The summed E-state index contributed by atoms with van der Waals surface area (Å²) >= 11 is 0. The first-order chi connectivity index (χ1) is 15.3. The second kappa shape index (κ2) is 7.44. The van der Waals surface area contributed by atoms with E-state index in [0.717, 1.165) is 11.3 Å². The van der Waals surface area contributed by atoms with Gasteiger partial charge in [-0.1, -0.05) is 44.2 Å². The SMILES string of the molecule is CC1(C)CC(=O)C2=C(C1)Nc1c(C(=O)Nc3ccc(F)cc3)cnn1[C@H]2c1ccccc1. The minimum Gasteiger partial charge on any atom is -0.343 e. The fourth-order valence-electron chi connectivity index (χ4n) is 4.55. The van der Waals surface area contributed by atoms with Crippen molar-refractivity contribution in [2.75, 3.05) is 10.6 Å². The fourth-order valence-corrected chi connectivity index (χ4v) is 4.55. The Morgan fingerprint density at radius 2 is 1.84 bits per heavy atom. The second-order valence-corrected chi connectivity index (χ2v) is 9.08. The average Bonchev–Trinajstić information content (AvgIpc) is 3.17. The first-order valence-corrected chi connectivity index (χ1v) is 10.5. The number of Topliss-reactive ketones (excluding diaryl/α,β-unsaturated/α-hetero) is 1. The van der Waals surface area contributed by atoms with Crippen LogP contribution in [0.5, 0.6) is 0 Å². The number of amides is 1. The van der Waals surface area contributed by atoms with Crippen molar-refractivity contribution in [2.24, 2.45) is 5.41 Å². The van der Waals surface area contributed by atoms with Gasteiger partial charge < -0.3 is 10.6 Å². The number of anilines is 2. The Balaban J connectivity index is 1.58. The third kappa shape index (κ3) is 3.49. The van der Waals surface area contributed by atoms with Crippen molar-refractivity contribution in [1.82, 2.24) is 9.78 Å². The molecule has 162 valence electrons. The Morgan fingerprint density at radius 3 is 2.56 bits per heavy atom. The molecular weight excluding hydrogens is 407 g/mol. The van der Waals surface area contributed by atoms with Crippen LogP contribution in [0.2, 0.25) is 0 Å². The predicted molar refractivity (Wildman–Crippen MR) is 120 cm³/mol. The van der Waals surface area contributed by atoms with Gasteiger partial charge in [-0.3, -0.25) is 9.59 Å². The number of hydrogen-bond acceptors (Lipinski definition) is 4. The summed E-state index contributed by atoms with van der Waals surface area (Å²) in [5.41, 5.74) is 3.14. The summed E-state index contributed by atoms with van der Waals surface area (Å²) in [6.45, 7) is 4.14. The Bertz CT molecular complexity index is 1240. The van der Waals surface area contributed by atoms with Crippen LogP contribution in [0.3, 0.4) is 0 Å². The summed E-state index contributed by atoms with van der Waals surface area (Å²) < 4.78 is 14.9. The standard InChI is InChI=1S/C25H23FN4O2/c1-25(2)12-19-21(20(31)13-25)22(15-6-4-3-5-7-15)30-23(29-19)18(14-27-30)24(32)28-17-10-8-16(26)9-11-17/h3-11,14,22,29H,12-13H2,1-2H3,(H,28,32)/t22-/m0/s1. The minimum atomic E-state index is -0.404. The van der Waals surface area contributed by atoms with E-state index in [1.54, 1.807) is 4.68 Å². The number of aromatic nitrogens is 2. The Labute approximate surface area is 185 Å².